The summed E-state index contributed by atoms with van der Waals surface area (Å²) in [5, 5.41) is 23.3. The summed E-state index contributed by atoms with van der Waals surface area (Å²) in [7, 11) is 0. The summed E-state index contributed by atoms with van der Waals surface area (Å²) in [6.07, 6.45) is 1.82. The molecule has 0 spiro atoms. The molecule has 1 atom stereocenters. The number of carbonyl (C=O) groups is 1. The molecule has 0 fully saturated rings. The molecule has 7 nitrogen and oxygen atoms in total. The van der Waals surface area contributed by atoms with Gasteiger partial charge in [0.15, 0.2) is 0 Å². The smallest absolute Gasteiger partial charge is 0.300 e. The van der Waals surface area contributed by atoms with Gasteiger partial charge in [-0.15, -0.1) is 0 Å². The maximum atomic E-state index is 12.0. The van der Waals surface area contributed by atoms with Gasteiger partial charge in [0, 0.05) is 6.54 Å². The van der Waals surface area contributed by atoms with Crippen LogP contribution in [0.5, 0.6) is 0 Å². The molecule has 1 aromatic rings. The van der Waals surface area contributed by atoms with Crippen molar-refractivity contribution in [3.63, 3.8) is 0 Å². The number of aliphatic hydroxyl groups is 1. The number of rotatable bonds is 7. The molecule has 1 aromatic heterocycles. The van der Waals surface area contributed by atoms with E-state index in [1.807, 2.05) is 13.8 Å². The van der Waals surface area contributed by atoms with Gasteiger partial charge < -0.3 is 10.4 Å². The highest BCUT2D eigenvalue weighted by Gasteiger charge is 2.23. The first-order chi connectivity index (χ1) is 9.90. The zero-order chi connectivity index (χ0) is 16.0. The first-order valence-electron chi connectivity index (χ1n) is 6.66. The molecule has 0 saturated heterocycles. The minimum Gasteiger partial charge on any atom is -0.391 e. The van der Waals surface area contributed by atoms with E-state index in [0.29, 0.717) is 0 Å². The Morgan fingerprint density at radius 1 is 1.52 bits per heavy atom. The minimum atomic E-state index is -0.699. The maximum Gasteiger partial charge on any atom is 0.300 e. The van der Waals surface area contributed by atoms with E-state index in [4.69, 9.17) is 11.6 Å². The van der Waals surface area contributed by atoms with Crippen LogP contribution < -0.4 is 5.32 Å². The summed E-state index contributed by atoms with van der Waals surface area (Å²) in [6, 6.07) is 1.14. The van der Waals surface area contributed by atoms with Crippen LogP contribution in [0.15, 0.2) is 12.3 Å². The second kappa shape index (κ2) is 7.90. The highest BCUT2D eigenvalue weighted by Crippen LogP contribution is 2.20. The molecule has 0 bridgehead atoms. The van der Waals surface area contributed by atoms with Gasteiger partial charge in [0.2, 0.25) is 0 Å². The number of nitrogens with one attached hydrogen (secondary N) is 1. The third-order valence-electron chi connectivity index (χ3n) is 3.36. The van der Waals surface area contributed by atoms with Gasteiger partial charge in [-0.1, -0.05) is 38.3 Å². The number of nitro groups is 1. The van der Waals surface area contributed by atoms with Gasteiger partial charge in [-0.2, -0.15) is 0 Å². The van der Waals surface area contributed by atoms with E-state index in [1.165, 1.54) is 0 Å². The number of nitrogens with zero attached hydrogens (tertiary/aromatic N) is 2. The quantitative estimate of drug-likeness (QED) is 0.455. The first kappa shape index (κ1) is 17.3. The van der Waals surface area contributed by atoms with Crippen LogP contribution in [0.3, 0.4) is 0 Å². The molecule has 116 valence electrons. The molecule has 2 N–H and O–H groups in total. The van der Waals surface area contributed by atoms with Crippen molar-refractivity contribution in [2.24, 2.45) is 5.92 Å². The van der Waals surface area contributed by atoms with Crippen molar-refractivity contribution in [1.82, 2.24) is 10.3 Å². The summed E-state index contributed by atoms with van der Waals surface area (Å²) in [5.41, 5.74) is -0.592. The van der Waals surface area contributed by atoms with E-state index < -0.39 is 22.6 Å². The molecule has 8 heteroatoms. The second-order valence-electron chi connectivity index (χ2n) is 4.64. The number of carbonyl (C=O) groups excluding carboxylic acids is 1. The lowest BCUT2D eigenvalue weighted by molar-refractivity contribution is -0.385. The van der Waals surface area contributed by atoms with Crippen LogP contribution in [-0.4, -0.2) is 33.6 Å². The van der Waals surface area contributed by atoms with Crippen LogP contribution in [0, 0.1) is 16.0 Å². The minimum absolute atomic E-state index is 0.00806. The van der Waals surface area contributed by atoms with Crippen molar-refractivity contribution in [1.29, 1.82) is 0 Å². The molecule has 1 rings (SSSR count). The zero-order valence-electron chi connectivity index (χ0n) is 11.9. The van der Waals surface area contributed by atoms with Gasteiger partial charge in [0.25, 0.3) is 11.6 Å². The molecule has 1 heterocycles. The number of hydrogen-bond donors (Lipinski definition) is 2. The first-order valence-corrected chi connectivity index (χ1v) is 7.04. The van der Waals surface area contributed by atoms with E-state index in [0.717, 1.165) is 25.1 Å². The van der Waals surface area contributed by atoms with Crippen molar-refractivity contribution in [2.75, 3.05) is 6.54 Å². The van der Waals surface area contributed by atoms with Crippen molar-refractivity contribution < 1.29 is 14.8 Å². The van der Waals surface area contributed by atoms with Crippen LogP contribution in [-0.2, 0) is 0 Å². The number of hydrogen-bond acceptors (Lipinski definition) is 5. The zero-order valence-corrected chi connectivity index (χ0v) is 12.6. The van der Waals surface area contributed by atoms with Gasteiger partial charge in [0.05, 0.1) is 11.0 Å². The average molecular weight is 316 g/mol. The average Bonchev–Trinajstić information content (AvgIpc) is 2.45. The fourth-order valence-electron chi connectivity index (χ4n) is 2.04. The highest BCUT2D eigenvalue weighted by molar-refractivity contribution is 6.29. The van der Waals surface area contributed by atoms with Crippen molar-refractivity contribution >= 4 is 23.2 Å². The Morgan fingerprint density at radius 3 is 2.67 bits per heavy atom. The van der Waals surface area contributed by atoms with E-state index >= 15 is 0 Å². The Morgan fingerprint density at radius 2 is 2.14 bits per heavy atom. The van der Waals surface area contributed by atoms with Gasteiger partial charge in [-0.25, -0.2) is 4.98 Å². The molecule has 0 saturated carbocycles. The van der Waals surface area contributed by atoms with Gasteiger partial charge in [-0.3, -0.25) is 14.9 Å². The molecule has 0 aliphatic rings. The highest BCUT2D eigenvalue weighted by atomic mass is 35.5. The number of pyridine rings is 1. The van der Waals surface area contributed by atoms with Crippen molar-refractivity contribution in [2.45, 2.75) is 32.8 Å². The Balaban J connectivity index is 2.80. The summed E-state index contributed by atoms with van der Waals surface area (Å²) >= 11 is 5.66. The molecule has 0 aliphatic carbocycles. The lowest BCUT2D eigenvalue weighted by atomic mass is 9.96. The normalized spacial score (nSPS) is 12.2. The molecular weight excluding hydrogens is 298 g/mol. The summed E-state index contributed by atoms with van der Waals surface area (Å²) in [6.45, 7) is 3.93. The topological polar surface area (TPSA) is 105 Å². The Kier molecular flexibility index (Phi) is 6.51. The summed E-state index contributed by atoms with van der Waals surface area (Å²) < 4.78 is 0. The predicted molar refractivity (Wildman–Crippen MR) is 78.3 cm³/mol. The standard InChI is InChI=1S/C13H18ClN3O4/c1-3-8(4-2)11(18)7-16-13(19)9-5-12(14)15-6-10(9)17(20)21/h5-6,8,11,18H,3-4,7H2,1-2H3,(H,16,19). The monoisotopic (exact) mass is 315 g/mol. The molecule has 1 unspecified atom stereocenters. The molecule has 0 radical (unpaired) electrons. The largest absolute Gasteiger partial charge is 0.391 e. The van der Waals surface area contributed by atoms with Crippen LogP contribution in [0.25, 0.3) is 0 Å². The molecule has 21 heavy (non-hydrogen) atoms. The lowest BCUT2D eigenvalue weighted by Gasteiger charge is -2.20. The summed E-state index contributed by atoms with van der Waals surface area (Å²) in [5.74, 6) is -0.586. The van der Waals surface area contributed by atoms with Crippen LogP contribution >= 0.6 is 11.6 Å². The SMILES string of the molecule is CCC(CC)C(O)CNC(=O)c1cc(Cl)ncc1[N+](=O)[O-]. The van der Waals surface area contributed by atoms with Crippen LogP contribution in [0.2, 0.25) is 5.15 Å². The molecule has 0 aliphatic heterocycles. The molecular formula is C13H18ClN3O4. The van der Waals surface area contributed by atoms with E-state index in [1.54, 1.807) is 0 Å². The third-order valence-corrected chi connectivity index (χ3v) is 3.56. The van der Waals surface area contributed by atoms with E-state index in [-0.39, 0.29) is 23.2 Å². The number of halogens is 1. The summed E-state index contributed by atoms with van der Waals surface area (Å²) in [4.78, 5) is 25.8. The number of aromatic nitrogens is 1. The van der Waals surface area contributed by atoms with Crippen molar-refractivity contribution in [3.8, 4) is 0 Å². The number of amides is 1. The molecule has 0 aromatic carbocycles. The third kappa shape index (κ3) is 4.64. The van der Waals surface area contributed by atoms with Gasteiger partial charge in [-0.05, 0) is 12.0 Å². The van der Waals surface area contributed by atoms with Crippen LogP contribution in [0.1, 0.15) is 37.0 Å². The Bertz CT molecular complexity index is 520. The van der Waals surface area contributed by atoms with Crippen molar-refractivity contribution in [3.05, 3.63) is 33.1 Å². The molecule has 1 amide bonds. The second-order valence-corrected chi connectivity index (χ2v) is 5.02. The predicted octanol–water partition coefficient (Wildman–Crippen LogP) is 2.17. The lowest BCUT2D eigenvalue weighted by Crippen LogP contribution is -2.36. The fraction of sp³-hybridized carbons (Fsp3) is 0.538. The fourth-order valence-corrected chi connectivity index (χ4v) is 2.20. The Hall–Kier alpha value is -1.73. The maximum absolute atomic E-state index is 12.0. The number of aliphatic hydroxyl groups excluding tert-OH is 1. The Labute approximate surface area is 127 Å². The van der Waals surface area contributed by atoms with E-state index in [9.17, 15) is 20.0 Å². The van der Waals surface area contributed by atoms with E-state index in [2.05, 4.69) is 10.3 Å². The van der Waals surface area contributed by atoms with Crippen LogP contribution in [0.4, 0.5) is 5.69 Å². The van der Waals surface area contributed by atoms with Gasteiger partial charge in [0.1, 0.15) is 16.9 Å². The van der Waals surface area contributed by atoms with Gasteiger partial charge >= 0.3 is 0 Å².